The minimum atomic E-state index is -3.97. The molecule has 15 heteroatoms. The van der Waals surface area contributed by atoms with E-state index < -0.39 is 10.3 Å². The summed E-state index contributed by atoms with van der Waals surface area (Å²) < 4.78 is 38.3. The van der Waals surface area contributed by atoms with Crippen LogP contribution < -0.4 is 20.7 Å². The number of nitrogens with zero attached hydrogens (tertiary/aromatic N) is 4. The average Bonchev–Trinajstić information content (AvgIpc) is 3.38. The van der Waals surface area contributed by atoms with Crippen LogP contribution in [-0.4, -0.2) is 64.4 Å². The molecule has 0 aliphatic heterocycles. The van der Waals surface area contributed by atoms with Gasteiger partial charge in [0, 0.05) is 42.6 Å². The average molecular weight is 679 g/mol. The van der Waals surface area contributed by atoms with Crippen molar-refractivity contribution in [3.05, 3.63) is 83.8 Å². The Morgan fingerprint density at radius 1 is 1.08 bits per heavy atom. The van der Waals surface area contributed by atoms with Crippen LogP contribution in [0.1, 0.15) is 67.2 Å². The minimum Gasteiger partial charge on any atom is -0.466 e. The number of hydrogen-bond donors (Lipinski definition) is 5. The van der Waals surface area contributed by atoms with E-state index in [4.69, 9.17) is 25.4 Å². The number of aryl methyl sites for hydroxylation is 1. The molecule has 0 spiro atoms. The SMILES string of the molecule is CCOC(=O)CCN(C(=O)c1ccc2c(c1)nc(CNc1ccc(C(=N)N)cc1)n2C)c1ccccn1.O=S(=O)(O)NC1CCCCC1. The lowest BCUT2D eigenvalue weighted by Crippen LogP contribution is -2.35. The highest BCUT2D eigenvalue weighted by Gasteiger charge is 2.22. The van der Waals surface area contributed by atoms with Crippen molar-refractivity contribution >= 4 is 50.6 Å². The van der Waals surface area contributed by atoms with Gasteiger partial charge in [0.05, 0.1) is 30.6 Å². The zero-order valence-corrected chi connectivity index (χ0v) is 27.9. The maximum atomic E-state index is 13.5. The number of benzene rings is 2. The van der Waals surface area contributed by atoms with Crippen molar-refractivity contribution in [3.63, 3.8) is 0 Å². The minimum absolute atomic E-state index is 0.0229. The van der Waals surface area contributed by atoms with Crippen LogP contribution in [0.2, 0.25) is 0 Å². The van der Waals surface area contributed by atoms with Gasteiger partial charge in [0.15, 0.2) is 0 Å². The number of nitrogens with two attached hydrogens (primary N) is 1. The number of anilines is 2. The van der Waals surface area contributed by atoms with Gasteiger partial charge < -0.3 is 20.4 Å². The number of esters is 1. The van der Waals surface area contributed by atoms with Crippen molar-refractivity contribution < 1.29 is 27.3 Å². The molecule has 1 aliphatic carbocycles. The molecule has 1 amide bonds. The Hall–Kier alpha value is -4.86. The van der Waals surface area contributed by atoms with Crippen LogP contribution in [0.15, 0.2) is 66.9 Å². The van der Waals surface area contributed by atoms with Gasteiger partial charge in [-0.1, -0.05) is 25.3 Å². The second-order valence-electron chi connectivity index (χ2n) is 11.3. The normalized spacial score (nSPS) is 13.3. The molecule has 1 saturated carbocycles. The molecule has 0 bridgehead atoms. The van der Waals surface area contributed by atoms with Crippen LogP contribution in [-0.2, 0) is 33.4 Å². The van der Waals surface area contributed by atoms with Crippen molar-refractivity contribution in [1.29, 1.82) is 5.41 Å². The second kappa shape index (κ2) is 16.8. The lowest BCUT2D eigenvalue weighted by Gasteiger charge is -2.21. The van der Waals surface area contributed by atoms with Gasteiger partial charge in [0.25, 0.3) is 5.91 Å². The number of carbonyl (C=O) groups is 2. The monoisotopic (exact) mass is 678 g/mol. The number of ether oxygens (including phenoxy) is 1. The summed E-state index contributed by atoms with van der Waals surface area (Å²) in [6, 6.07) is 17.9. The topological polar surface area (TPSA) is 206 Å². The first-order valence-electron chi connectivity index (χ1n) is 15.7. The third-order valence-electron chi connectivity index (χ3n) is 7.80. The molecule has 2 aromatic heterocycles. The predicted octanol–water partition coefficient (Wildman–Crippen LogP) is 4.18. The van der Waals surface area contributed by atoms with Crippen molar-refractivity contribution in [2.75, 3.05) is 23.4 Å². The van der Waals surface area contributed by atoms with Crippen LogP contribution in [0.3, 0.4) is 0 Å². The molecule has 4 aromatic rings. The van der Waals surface area contributed by atoms with Gasteiger partial charge in [0.2, 0.25) is 0 Å². The molecule has 6 N–H and O–H groups in total. The molecule has 2 aromatic carbocycles. The number of pyridine rings is 1. The maximum absolute atomic E-state index is 13.5. The quantitative estimate of drug-likeness (QED) is 0.0626. The first-order chi connectivity index (χ1) is 22.9. The summed E-state index contributed by atoms with van der Waals surface area (Å²) in [5.41, 5.74) is 9.07. The summed E-state index contributed by atoms with van der Waals surface area (Å²) in [6.07, 6.45) is 6.63. The summed E-state index contributed by atoms with van der Waals surface area (Å²) in [5, 5.41) is 10.8. The van der Waals surface area contributed by atoms with Gasteiger partial charge >= 0.3 is 16.3 Å². The lowest BCUT2D eigenvalue weighted by molar-refractivity contribution is -0.142. The van der Waals surface area contributed by atoms with E-state index in [0.717, 1.165) is 42.7 Å². The van der Waals surface area contributed by atoms with Crippen LogP contribution in [0.5, 0.6) is 0 Å². The first-order valence-corrected chi connectivity index (χ1v) is 17.2. The van der Waals surface area contributed by atoms with E-state index in [0.29, 0.717) is 29.0 Å². The smallest absolute Gasteiger partial charge is 0.333 e. The van der Waals surface area contributed by atoms with E-state index in [1.54, 1.807) is 55.6 Å². The Labute approximate surface area is 280 Å². The molecule has 48 heavy (non-hydrogen) atoms. The molecular formula is C33H42N8O6S. The third kappa shape index (κ3) is 10.3. The van der Waals surface area contributed by atoms with Gasteiger partial charge in [-0.3, -0.25) is 24.5 Å². The zero-order valence-electron chi connectivity index (χ0n) is 27.1. The summed E-state index contributed by atoms with van der Waals surface area (Å²) in [5.74, 6) is 0.623. The fourth-order valence-corrected chi connectivity index (χ4v) is 6.00. The summed E-state index contributed by atoms with van der Waals surface area (Å²) in [4.78, 5) is 36.0. The number of aromatic nitrogens is 3. The fourth-order valence-electron chi connectivity index (χ4n) is 5.35. The van der Waals surface area contributed by atoms with E-state index in [-0.39, 0.29) is 43.3 Å². The van der Waals surface area contributed by atoms with E-state index in [1.807, 2.05) is 29.8 Å². The number of amidine groups is 1. The highest BCUT2D eigenvalue weighted by atomic mass is 32.2. The lowest BCUT2D eigenvalue weighted by atomic mass is 9.96. The highest BCUT2D eigenvalue weighted by Crippen LogP contribution is 2.22. The fraction of sp³-hybridized carbons (Fsp3) is 0.364. The number of imidazole rings is 1. The van der Waals surface area contributed by atoms with E-state index in [1.165, 1.54) is 11.3 Å². The number of carbonyl (C=O) groups excluding carboxylic acids is 2. The van der Waals surface area contributed by atoms with Crippen molar-refractivity contribution in [2.45, 2.75) is 58.0 Å². The van der Waals surface area contributed by atoms with Crippen molar-refractivity contribution in [3.8, 4) is 0 Å². The van der Waals surface area contributed by atoms with Gasteiger partial charge in [-0.2, -0.15) is 13.1 Å². The first kappa shape index (κ1) is 36.0. The molecule has 5 rings (SSSR count). The Morgan fingerprint density at radius 3 is 2.42 bits per heavy atom. The van der Waals surface area contributed by atoms with E-state index in [2.05, 4.69) is 15.0 Å². The summed E-state index contributed by atoms with van der Waals surface area (Å²) in [6.45, 7) is 2.64. The molecule has 1 fully saturated rings. The highest BCUT2D eigenvalue weighted by molar-refractivity contribution is 7.83. The van der Waals surface area contributed by atoms with Gasteiger partial charge in [-0.25, -0.2) is 9.97 Å². The summed E-state index contributed by atoms with van der Waals surface area (Å²) >= 11 is 0. The maximum Gasteiger partial charge on any atom is 0.333 e. The predicted molar refractivity (Wildman–Crippen MR) is 184 cm³/mol. The second-order valence-corrected chi connectivity index (χ2v) is 12.4. The number of nitrogens with one attached hydrogen (secondary N) is 3. The molecule has 256 valence electrons. The van der Waals surface area contributed by atoms with Gasteiger partial charge in [-0.15, -0.1) is 0 Å². The number of fused-ring (bicyclic) bond motifs is 1. The molecule has 0 atom stereocenters. The van der Waals surface area contributed by atoms with Crippen molar-refractivity contribution in [2.24, 2.45) is 12.8 Å². The van der Waals surface area contributed by atoms with E-state index in [9.17, 15) is 18.0 Å². The third-order valence-corrected chi connectivity index (χ3v) is 8.43. The standard InChI is InChI=1S/C27H29N7O3.C6H13NO3S/c1-3-37-25(35)13-15-34(23-6-4-5-14-30-23)27(36)19-9-12-22-21(16-19)32-24(33(22)2)17-31-20-10-7-18(8-11-20)26(28)29;8-11(9,10)7-6-4-2-1-3-5-6/h4-12,14,16,31H,3,13,15,17H2,1-2H3,(H3,28,29);6-7H,1-5H2,(H,8,9,10). The summed E-state index contributed by atoms with van der Waals surface area (Å²) in [7, 11) is -2.05. The van der Waals surface area contributed by atoms with Crippen LogP contribution in [0.25, 0.3) is 11.0 Å². The molecule has 2 heterocycles. The number of hydrogen-bond acceptors (Lipinski definition) is 9. The van der Waals surface area contributed by atoms with Crippen molar-refractivity contribution in [1.82, 2.24) is 19.3 Å². The van der Waals surface area contributed by atoms with E-state index >= 15 is 0 Å². The Bertz CT molecular complexity index is 1810. The molecule has 0 saturated heterocycles. The largest absolute Gasteiger partial charge is 0.466 e. The molecule has 0 unspecified atom stereocenters. The number of nitrogen functional groups attached to an aromatic ring is 1. The molecule has 1 aliphatic rings. The van der Waals surface area contributed by atoms with Gasteiger partial charge in [0.1, 0.15) is 17.5 Å². The Kier molecular flexibility index (Phi) is 12.6. The van der Waals surface area contributed by atoms with Crippen LogP contribution >= 0.6 is 0 Å². The Balaban J connectivity index is 0.000000401. The number of rotatable bonds is 12. The van der Waals surface area contributed by atoms with Crippen LogP contribution in [0, 0.1) is 5.41 Å². The molecular weight excluding hydrogens is 636 g/mol. The molecule has 0 radical (unpaired) electrons. The Morgan fingerprint density at radius 2 is 1.79 bits per heavy atom. The number of amides is 1. The van der Waals surface area contributed by atoms with Gasteiger partial charge in [-0.05, 0) is 74.4 Å². The zero-order chi connectivity index (χ0) is 34.7. The molecule has 14 nitrogen and oxygen atoms in total. The van der Waals surface area contributed by atoms with Crippen LogP contribution in [0.4, 0.5) is 11.5 Å².